The van der Waals surface area contributed by atoms with E-state index in [9.17, 15) is 18.0 Å². The summed E-state index contributed by atoms with van der Waals surface area (Å²) in [6, 6.07) is 2.93. The third-order valence-corrected chi connectivity index (χ3v) is 3.01. The lowest BCUT2D eigenvalue weighted by Crippen LogP contribution is -2.25. The van der Waals surface area contributed by atoms with Crippen molar-refractivity contribution in [2.45, 2.75) is 12.6 Å². The van der Waals surface area contributed by atoms with Gasteiger partial charge in [0.2, 0.25) is 5.91 Å². The molecule has 6 heteroatoms. The highest BCUT2D eigenvalue weighted by molar-refractivity contribution is 5.98. The summed E-state index contributed by atoms with van der Waals surface area (Å²) in [7, 11) is 0. The van der Waals surface area contributed by atoms with E-state index in [0.29, 0.717) is 0 Å². The smallest absolute Gasteiger partial charge is 0.397 e. The van der Waals surface area contributed by atoms with Gasteiger partial charge in [0.1, 0.15) is 0 Å². The van der Waals surface area contributed by atoms with Crippen molar-refractivity contribution in [2.75, 3.05) is 17.2 Å². The van der Waals surface area contributed by atoms with Crippen LogP contribution >= 0.6 is 0 Å². The van der Waals surface area contributed by atoms with Gasteiger partial charge in [-0.3, -0.25) is 4.79 Å². The molecule has 0 bridgehead atoms. The van der Waals surface area contributed by atoms with Gasteiger partial charge in [0.25, 0.3) is 0 Å². The average molecular weight is 268 g/mol. The number of amides is 1. The zero-order chi connectivity index (χ0) is 14.2. The van der Waals surface area contributed by atoms with E-state index in [-0.39, 0.29) is 36.2 Å². The predicted octanol–water partition coefficient (Wildman–Crippen LogP) is 2.27. The van der Waals surface area contributed by atoms with Crippen LogP contribution in [0.5, 0.6) is 0 Å². The Balaban J connectivity index is 2.33. The number of hydrogen-bond donors (Lipinski definition) is 1. The van der Waals surface area contributed by atoms with Crippen LogP contribution in [0, 0.1) is 18.3 Å². The number of carbonyl (C=O) groups excluding carboxylic acids is 1. The summed E-state index contributed by atoms with van der Waals surface area (Å²) in [5.74, 6) is 2.01. The molecule has 0 radical (unpaired) electrons. The third kappa shape index (κ3) is 2.50. The Morgan fingerprint density at radius 1 is 1.42 bits per heavy atom. The molecule has 3 nitrogen and oxygen atoms in total. The number of nitrogens with zero attached hydrogens (tertiary/aromatic N) is 1. The van der Waals surface area contributed by atoms with Crippen LogP contribution in [0.1, 0.15) is 12.0 Å². The highest BCUT2D eigenvalue weighted by Crippen LogP contribution is 2.35. The number of nitrogen functional groups attached to an aromatic ring is 1. The number of carbonyl (C=O) groups is 1. The summed E-state index contributed by atoms with van der Waals surface area (Å²) in [4.78, 5) is 13.1. The van der Waals surface area contributed by atoms with Crippen molar-refractivity contribution in [3.63, 3.8) is 0 Å². The van der Waals surface area contributed by atoms with E-state index < -0.39 is 11.7 Å². The molecule has 1 atom stereocenters. The van der Waals surface area contributed by atoms with Crippen LogP contribution < -0.4 is 10.6 Å². The first kappa shape index (κ1) is 13.3. The molecular formula is C13H11F3N2O. The minimum atomic E-state index is -4.46. The summed E-state index contributed by atoms with van der Waals surface area (Å²) in [6.07, 6.45) is 0.983. The molecule has 0 saturated carbocycles. The van der Waals surface area contributed by atoms with E-state index in [1.165, 1.54) is 11.0 Å². The number of terminal acetylenes is 1. The molecule has 1 amide bonds. The Labute approximate surface area is 108 Å². The second-order valence-corrected chi connectivity index (χ2v) is 4.34. The zero-order valence-corrected chi connectivity index (χ0v) is 9.87. The molecule has 1 aromatic carbocycles. The second kappa shape index (κ2) is 4.50. The van der Waals surface area contributed by atoms with Crippen LogP contribution in [0.25, 0.3) is 0 Å². The molecule has 1 aromatic rings. The zero-order valence-electron chi connectivity index (χ0n) is 9.87. The van der Waals surface area contributed by atoms with Gasteiger partial charge in [-0.25, -0.2) is 0 Å². The molecule has 19 heavy (non-hydrogen) atoms. The highest BCUT2D eigenvalue weighted by Gasteiger charge is 2.33. The van der Waals surface area contributed by atoms with Crippen molar-refractivity contribution in [3.05, 3.63) is 23.8 Å². The highest BCUT2D eigenvalue weighted by atomic mass is 19.4. The minimum absolute atomic E-state index is 0.0825. The largest absolute Gasteiger partial charge is 0.416 e. The SMILES string of the molecule is C#CC1CC(=O)N(c2ccc(C(F)(F)F)cc2N)C1. The second-order valence-electron chi connectivity index (χ2n) is 4.34. The fourth-order valence-electron chi connectivity index (χ4n) is 2.03. The van der Waals surface area contributed by atoms with Gasteiger partial charge in [-0.15, -0.1) is 12.3 Å². The molecule has 1 heterocycles. The molecular weight excluding hydrogens is 257 g/mol. The number of anilines is 2. The Hall–Kier alpha value is -2.16. The topological polar surface area (TPSA) is 46.3 Å². The number of alkyl halides is 3. The molecule has 1 unspecified atom stereocenters. The van der Waals surface area contributed by atoms with Gasteiger partial charge < -0.3 is 10.6 Å². The molecule has 100 valence electrons. The lowest BCUT2D eigenvalue weighted by Gasteiger charge is -2.19. The number of halogens is 3. The van der Waals surface area contributed by atoms with E-state index >= 15 is 0 Å². The van der Waals surface area contributed by atoms with E-state index in [4.69, 9.17) is 12.2 Å². The Bertz CT molecular complexity index is 560. The maximum Gasteiger partial charge on any atom is 0.416 e. The van der Waals surface area contributed by atoms with Crippen molar-refractivity contribution < 1.29 is 18.0 Å². The van der Waals surface area contributed by atoms with Gasteiger partial charge in [-0.05, 0) is 18.2 Å². The van der Waals surface area contributed by atoms with E-state index in [0.717, 1.165) is 12.1 Å². The predicted molar refractivity (Wildman–Crippen MR) is 65.1 cm³/mol. The van der Waals surface area contributed by atoms with Crippen LogP contribution in [0.15, 0.2) is 18.2 Å². The fourth-order valence-corrected chi connectivity index (χ4v) is 2.03. The third-order valence-electron chi connectivity index (χ3n) is 3.01. The van der Waals surface area contributed by atoms with Gasteiger partial charge in [-0.2, -0.15) is 13.2 Å². The molecule has 1 saturated heterocycles. The fraction of sp³-hybridized carbons (Fsp3) is 0.308. The van der Waals surface area contributed by atoms with Crippen LogP contribution in [0.4, 0.5) is 24.5 Å². The average Bonchev–Trinajstić information content (AvgIpc) is 2.69. The van der Waals surface area contributed by atoms with Gasteiger partial charge in [-0.1, -0.05) is 0 Å². The molecule has 0 spiro atoms. The van der Waals surface area contributed by atoms with Crippen molar-refractivity contribution in [3.8, 4) is 12.3 Å². The standard InChI is InChI=1S/C13H11F3N2O/c1-2-8-5-12(19)18(7-8)11-4-3-9(6-10(11)17)13(14,15)16/h1,3-4,6,8H,5,7,17H2. The molecule has 1 fully saturated rings. The van der Waals surface area contributed by atoms with Gasteiger partial charge in [0.15, 0.2) is 0 Å². The summed E-state index contributed by atoms with van der Waals surface area (Å²) < 4.78 is 37.5. The van der Waals surface area contributed by atoms with Crippen LogP contribution in [0.2, 0.25) is 0 Å². The first-order chi connectivity index (χ1) is 8.82. The summed E-state index contributed by atoms with van der Waals surface area (Å²) >= 11 is 0. The number of hydrogen-bond acceptors (Lipinski definition) is 2. The summed E-state index contributed by atoms with van der Waals surface area (Å²) in [5, 5.41) is 0. The first-order valence-electron chi connectivity index (χ1n) is 5.56. The molecule has 2 N–H and O–H groups in total. The van der Waals surface area contributed by atoms with Gasteiger partial charge >= 0.3 is 6.18 Å². The molecule has 0 aromatic heterocycles. The van der Waals surface area contributed by atoms with Crippen LogP contribution in [-0.2, 0) is 11.0 Å². The Morgan fingerprint density at radius 2 is 2.11 bits per heavy atom. The molecule has 1 aliphatic heterocycles. The quantitative estimate of drug-likeness (QED) is 0.627. The number of rotatable bonds is 1. The molecule has 2 rings (SSSR count). The van der Waals surface area contributed by atoms with E-state index in [1.54, 1.807) is 0 Å². The number of nitrogens with two attached hydrogens (primary N) is 1. The lowest BCUT2D eigenvalue weighted by molar-refractivity contribution is -0.137. The summed E-state index contributed by atoms with van der Waals surface area (Å²) in [5.41, 5.74) is 4.95. The van der Waals surface area contributed by atoms with Crippen molar-refractivity contribution in [2.24, 2.45) is 5.92 Å². The van der Waals surface area contributed by atoms with Gasteiger partial charge in [0, 0.05) is 18.9 Å². The summed E-state index contributed by atoms with van der Waals surface area (Å²) in [6.45, 7) is 0.283. The maximum atomic E-state index is 12.5. The van der Waals surface area contributed by atoms with Crippen LogP contribution in [-0.4, -0.2) is 12.5 Å². The van der Waals surface area contributed by atoms with Crippen molar-refractivity contribution in [1.29, 1.82) is 0 Å². The first-order valence-corrected chi connectivity index (χ1v) is 5.56. The minimum Gasteiger partial charge on any atom is -0.397 e. The maximum absolute atomic E-state index is 12.5. The Morgan fingerprint density at radius 3 is 2.58 bits per heavy atom. The molecule has 1 aliphatic rings. The van der Waals surface area contributed by atoms with E-state index in [2.05, 4.69) is 5.92 Å². The van der Waals surface area contributed by atoms with Gasteiger partial charge in [0.05, 0.1) is 16.9 Å². The normalized spacial score (nSPS) is 19.6. The van der Waals surface area contributed by atoms with Crippen LogP contribution in [0.3, 0.4) is 0 Å². The van der Waals surface area contributed by atoms with Crippen molar-refractivity contribution >= 4 is 17.3 Å². The van der Waals surface area contributed by atoms with E-state index in [1.807, 2.05) is 0 Å². The molecule has 0 aliphatic carbocycles. The van der Waals surface area contributed by atoms with Crippen molar-refractivity contribution in [1.82, 2.24) is 0 Å². The monoisotopic (exact) mass is 268 g/mol. The lowest BCUT2D eigenvalue weighted by atomic mass is 10.1. The Kier molecular flexibility index (Phi) is 3.14. The number of benzene rings is 1.